The Balaban J connectivity index is 1.74. The third-order valence-corrected chi connectivity index (χ3v) is 5.68. The van der Waals surface area contributed by atoms with E-state index >= 15 is 0 Å². The number of rotatable bonds is 3. The van der Waals surface area contributed by atoms with Gasteiger partial charge in [-0.15, -0.1) is 6.58 Å². The van der Waals surface area contributed by atoms with Crippen LogP contribution in [-0.2, 0) is 0 Å². The molecule has 0 N–H and O–H groups in total. The van der Waals surface area contributed by atoms with E-state index in [0.717, 1.165) is 30.7 Å². The molecule has 0 aliphatic heterocycles. The van der Waals surface area contributed by atoms with Gasteiger partial charge >= 0.3 is 0 Å². The Hall–Kier alpha value is -1.38. The molecule has 3 rings (SSSR count). The number of halogens is 2. The summed E-state index contributed by atoms with van der Waals surface area (Å²) in [5.41, 5.74) is 0.792. The Morgan fingerprint density at radius 2 is 1.68 bits per heavy atom. The molecule has 0 heterocycles. The molecule has 3 heteroatoms. The van der Waals surface area contributed by atoms with Crippen LogP contribution >= 0.6 is 0 Å². The molecular weight excluding hydrogens is 282 g/mol. The van der Waals surface area contributed by atoms with Gasteiger partial charge in [0.05, 0.1) is 7.11 Å². The number of ether oxygens (including phenoxy) is 1. The molecule has 0 spiro atoms. The maximum Gasteiger partial charge on any atom is 0.190 e. The van der Waals surface area contributed by atoms with Crippen molar-refractivity contribution in [1.29, 1.82) is 0 Å². The molecule has 0 radical (unpaired) electrons. The summed E-state index contributed by atoms with van der Waals surface area (Å²) in [4.78, 5) is 0. The van der Waals surface area contributed by atoms with Crippen LogP contribution in [0.5, 0.6) is 5.75 Å². The van der Waals surface area contributed by atoms with E-state index in [1.165, 1.54) is 38.5 Å². The first-order chi connectivity index (χ1) is 10.6. The van der Waals surface area contributed by atoms with Crippen molar-refractivity contribution in [1.82, 2.24) is 0 Å². The van der Waals surface area contributed by atoms with Crippen molar-refractivity contribution < 1.29 is 13.5 Å². The van der Waals surface area contributed by atoms with Crippen molar-refractivity contribution in [3.63, 3.8) is 0 Å². The predicted octanol–water partition coefficient (Wildman–Crippen LogP) is 5.46. The van der Waals surface area contributed by atoms with Crippen LogP contribution in [-0.4, -0.2) is 7.11 Å². The van der Waals surface area contributed by atoms with E-state index in [-0.39, 0.29) is 11.7 Å². The van der Waals surface area contributed by atoms with Crippen molar-refractivity contribution in [2.75, 3.05) is 7.11 Å². The largest absolute Gasteiger partial charge is 0.491 e. The van der Waals surface area contributed by atoms with Gasteiger partial charge in [-0.2, -0.15) is 0 Å². The van der Waals surface area contributed by atoms with Crippen molar-refractivity contribution >= 4 is 0 Å². The van der Waals surface area contributed by atoms with Crippen molar-refractivity contribution in [3.8, 4) is 5.75 Å². The van der Waals surface area contributed by atoms with Gasteiger partial charge in [0.25, 0.3) is 0 Å². The standard InChI is InChI=1S/C19H24F2O/c1-3-12-4-5-14-9-15(7-6-13(14)8-12)16-10-17(20)19(22-2)18(21)11-16/h3,10-15H,1,4-9H2,2H3/t12-,13-,14-,15?/m1/s1. The van der Waals surface area contributed by atoms with E-state index in [9.17, 15) is 8.78 Å². The van der Waals surface area contributed by atoms with Gasteiger partial charge in [-0.05, 0) is 79.9 Å². The van der Waals surface area contributed by atoms with E-state index in [0.29, 0.717) is 11.8 Å². The molecule has 120 valence electrons. The lowest BCUT2D eigenvalue weighted by Crippen LogP contribution is -2.30. The van der Waals surface area contributed by atoms with E-state index in [1.807, 2.05) is 0 Å². The van der Waals surface area contributed by atoms with Crippen LogP contribution in [0.15, 0.2) is 24.8 Å². The number of allylic oxidation sites excluding steroid dienone is 1. The number of fused-ring (bicyclic) bond motifs is 1. The smallest absolute Gasteiger partial charge is 0.190 e. The molecule has 0 bridgehead atoms. The minimum absolute atomic E-state index is 0.274. The fourth-order valence-corrected chi connectivity index (χ4v) is 4.45. The lowest BCUT2D eigenvalue weighted by atomic mass is 9.64. The average molecular weight is 306 g/mol. The van der Waals surface area contributed by atoms with E-state index in [2.05, 4.69) is 12.7 Å². The molecule has 0 aromatic heterocycles. The van der Waals surface area contributed by atoms with Crippen molar-refractivity contribution in [2.24, 2.45) is 17.8 Å². The quantitative estimate of drug-likeness (QED) is 0.674. The first-order valence-corrected chi connectivity index (χ1v) is 8.27. The second kappa shape index (κ2) is 6.39. The summed E-state index contributed by atoms with van der Waals surface area (Å²) < 4.78 is 32.6. The second-order valence-electron chi connectivity index (χ2n) is 6.86. The summed E-state index contributed by atoms with van der Waals surface area (Å²) >= 11 is 0. The van der Waals surface area contributed by atoms with Crippen LogP contribution in [0.2, 0.25) is 0 Å². The van der Waals surface area contributed by atoms with E-state index in [4.69, 9.17) is 4.74 Å². The van der Waals surface area contributed by atoms with E-state index < -0.39 is 11.6 Å². The first-order valence-electron chi connectivity index (χ1n) is 8.27. The Bertz CT molecular complexity index is 531. The lowest BCUT2D eigenvalue weighted by Gasteiger charge is -2.41. The Morgan fingerprint density at radius 1 is 1.05 bits per heavy atom. The summed E-state index contributed by atoms with van der Waals surface area (Å²) in [6, 6.07) is 2.92. The molecule has 0 saturated heterocycles. The molecule has 2 aliphatic carbocycles. The Kier molecular flexibility index (Phi) is 4.51. The summed E-state index contributed by atoms with van der Waals surface area (Å²) in [5, 5.41) is 0. The molecule has 1 unspecified atom stereocenters. The monoisotopic (exact) mass is 306 g/mol. The van der Waals surface area contributed by atoms with Gasteiger partial charge in [0, 0.05) is 0 Å². The topological polar surface area (TPSA) is 9.23 Å². The number of hydrogen-bond acceptors (Lipinski definition) is 1. The minimum Gasteiger partial charge on any atom is -0.491 e. The Morgan fingerprint density at radius 3 is 2.32 bits per heavy atom. The van der Waals surface area contributed by atoms with Crippen LogP contribution in [0.3, 0.4) is 0 Å². The summed E-state index contributed by atoms with van der Waals surface area (Å²) in [5.74, 6) is 0.947. The maximum absolute atomic E-state index is 13.9. The SMILES string of the molecule is C=C[C@@H]1CC[C@@H]2CC(c3cc(F)c(OC)c(F)c3)CC[C@@H]2C1. The van der Waals surface area contributed by atoms with Crippen molar-refractivity contribution in [3.05, 3.63) is 42.0 Å². The number of hydrogen-bond donors (Lipinski definition) is 0. The third-order valence-electron chi connectivity index (χ3n) is 5.68. The van der Waals surface area contributed by atoms with Gasteiger partial charge in [-0.25, -0.2) is 8.78 Å². The second-order valence-corrected chi connectivity index (χ2v) is 6.86. The summed E-state index contributed by atoms with van der Waals surface area (Å²) in [6.07, 6.45) is 9.01. The molecule has 2 saturated carbocycles. The molecule has 2 fully saturated rings. The first kappa shape index (κ1) is 15.5. The highest BCUT2D eigenvalue weighted by atomic mass is 19.1. The number of methoxy groups -OCH3 is 1. The van der Waals surface area contributed by atoms with E-state index in [1.54, 1.807) is 0 Å². The molecule has 1 aromatic carbocycles. The molecule has 1 nitrogen and oxygen atoms in total. The van der Waals surface area contributed by atoms with Gasteiger partial charge in [0.1, 0.15) is 0 Å². The van der Waals surface area contributed by atoms with Gasteiger partial charge in [-0.3, -0.25) is 0 Å². The highest BCUT2D eigenvalue weighted by molar-refractivity contribution is 5.33. The zero-order valence-electron chi connectivity index (χ0n) is 13.2. The fourth-order valence-electron chi connectivity index (χ4n) is 4.45. The van der Waals surface area contributed by atoms with Crippen molar-refractivity contribution in [2.45, 2.75) is 44.4 Å². The van der Waals surface area contributed by atoms with Gasteiger partial charge in [0.15, 0.2) is 17.4 Å². The van der Waals surface area contributed by atoms with Crippen LogP contribution in [0.1, 0.15) is 50.0 Å². The van der Waals surface area contributed by atoms with Crippen LogP contribution in [0.4, 0.5) is 8.78 Å². The summed E-state index contributed by atoms with van der Waals surface area (Å²) in [6.45, 7) is 3.93. The molecule has 4 atom stereocenters. The zero-order chi connectivity index (χ0) is 15.7. The maximum atomic E-state index is 13.9. The highest BCUT2D eigenvalue weighted by Crippen LogP contribution is 2.48. The predicted molar refractivity (Wildman–Crippen MR) is 84.0 cm³/mol. The fraction of sp³-hybridized carbons (Fsp3) is 0.579. The molecule has 2 aliphatic rings. The molecule has 0 amide bonds. The third kappa shape index (κ3) is 2.90. The van der Waals surface area contributed by atoms with Gasteiger partial charge < -0.3 is 4.74 Å². The molecular formula is C19H24F2O. The Labute approximate surface area is 131 Å². The zero-order valence-corrected chi connectivity index (χ0v) is 13.2. The molecule has 1 aromatic rings. The normalized spacial score (nSPS) is 31.4. The highest BCUT2D eigenvalue weighted by Gasteiger charge is 2.35. The van der Waals surface area contributed by atoms with Gasteiger partial charge in [-0.1, -0.05) is 6.08 Å². The van der Waals surface area contributed by atoms with Crippen LogP contribution in [0.25, 0.3) is 0 Å². The number of benzene rings is 1. The lowest BCUT2D eigenvalue weighted by molar-refractivity contribution is 0.133. The van der Waals surface area contributed by atoms with Crippen LogP contribution < -0.4 is 4.74 Å². The molecule has 22 heavy (non-hydrogen) atoms. The summed E-state index contributed by atoms with van der Waals surface area (Å²) in [7, 11) is 1.30. The minimum atomic E-state index is -0.588. The van der Waals surface area contributed by atoms with Crippen LogP contribution in [0, 0.1) is 29.4 Å². The average Bonchev–Trinajstić information content (AvgIpc) is 2.53. The van der Waals surface area contributed by atoms with Gasteiger partial charge in [0.2, 0.25) is 0 Å².